The first-order valence-electron chi connectivity index (χ1n) is 8.74. The maximum absolute atomic E-state index is 12.2. The van der Waals surface area contributed by atoms with Gasteiger partial charge in [-0.2, -0.15) is 5.10 Å². The Bertz CT molecular complexity index is 707. The summed E-state index contributed by atoms with van der Waals surface area (Å²) in [6, 6.07) is 5.73. The molecule has 2 N–H and O–H groups in total. The minimum absolute atomic E-state index is 0.0618. The van der Waals surface area contributed by atoms with Gasteiger partial charge in [-0.15, -0.1) is 0 Å². The number of H-pyrrole nitrogens is 1. The SMILES string of the molecule is O=C(CN1CCc2[nH]nc(C3CC3)c2CC1)NCc1ccccn1. The van der Waals surface area contributed by atoms with E-state index >= 15 is 0 Å². The predicted molar refractivity (Wildman–Crippen MR) is 90.5 cm³/mol. The molecule has 126 valence electrons. The molecular weight excluding hydrogens is 302 g/mol. The average Bonchev–Trinajstić information content (AvgIpc) is 3.40. The molecule has 1 aliphatic heterocycles. The third-order valence-electron chi connectivity index (χ3n) is 4.86. The number of amides is 1. The maximum Gasteiger partial charge on any atom is 0.234 e. The highest BCUT2D eigenvalue weighted by Gasteiger charge is 2.31. The van der Waals surface area contributed by atoms with Crippen molar-refractivity contribution in [3.63, 3.8) is 0 Å². The van der Waals surface area contributed by atoms with E-state index in [1.165, 1.54) is 29.8 Å². The Morgan fingerprint density at radius 3 is 2.96 bits per heavy atom. The van der Waals surface area contributed by atoms with Gasteiger partial charge in [-0.1, -0.05) is 6.07 Å². The number of fused-ring (bicyclic) bond motifs is 1. The summed E-state index contributed by atoms with van der Waals surface area (Å²) in [5, 5.41) is 10.7. The minimum Gasteiger partial charge on any atom is -0.349 e. The number of hydrogen-bond donors (Lipinski definition) is 2. The van der Waals surface area contributed by atoms with E-state index in [1.807, 2.05) is 18.2 Å². The van der Waals surface area contributed by atoms with Crippen molar-refractivity contribution >= 4 is 5.91 Å². The van der Waals surface area contributed by atoms with Crippen molar-refractivity contribution in [1.82, 2.24) is 25.4 Å². The summed E-state index contributed by atoms with van der Waals surface area (Å²) in [5.41, 5.74) is 4.85. The van der Waals surface area contributed by atoms with Crippen molar-refractivity contribution in [2.24, 2.45) is 0 Å². The second kappa shape index (κ2) is 6.73. The van der Waals surface area contributed by atoms with Gasteiger partial charge in [-0.25, -0.2) is 0 Å². The zero-order valence-corrected chi connectivity index (χ0v) is 13.8. The van der Waals surface area contributed by atoms with Crippen molar-refractivity contribution in [2.75, 3.05) is 19.6 Å². The van der Waals surface area contributed by atoms with Crippen LogP contribution in [0.2, 0.25) is 0 Å². The fraction of sp³-hybridized carbons (Fsp3) is 0.500. The van der Waals surface area contributed by atoms with Gasteiger partial charge in [0, 0.05) is 37.3 Å². The lowest BCUT2D eigenvalue weighted by Gasteiger charge is -2.19. The summed E-state index contributed by atoms with van der Waals surface area (Å²) >= 11 is 0. The quantitative estimate of drug-likeness (QED) is 0.871. The molecule has 6 nitrogen and oxygen atoms in total. The fourth-order valence-corrected chi connectivity index (χ4v) is 3.36. The van der Waals surface area contributed by atoms with Crippen LogP contribution in [0.4, 0.5) is 0 Å². The Morgan fingerprint density at radius 1 is 1.29 bits per heavy atom. The molecule has 2 aromatic heterocycles. The molecule has 1 amide bonds. The van der Waals surface area contributed by atoms with Crippen LogP contribution in [0, 0.1) is 0 Å². The van der Waals surface area contributed by atoms with E-state index in [2.05, 4.69) is 25.4 Å². The third kappa shape index (κ3) is 3.48. The molecule has 0 saturated heterocycles. The lowest BCUT2D eigenvalue weighted by Crippen LogP contribution is -2.38. The number of rotatable bonds is 5. The molecule has 1 aliphatic carbocycles. The molecule has 0 unspecified atom stereocenters. The molecule has 2 aromatic rings. The van der Waals surface area contributed by atoms with Crippen LogP contribution in [-0.4, -0.2) is 45.6 Å². The van der Waals surface area contributed by atoms with Gasteiger partial charge in [0.25, 0.3) is 0 Å². The van der Waals surface area contributed by atoms with E-state index in [1.54, 1.807) is 6.20 Å². The molecule has 1 saturated carbocycles. The first-order valence-corrected chi connectivity index (χ1v) is 8.74. The Kier molecular flexibility index (Phi) is 4.30. The van der Waals surface area contributed by atoms with Crippen LogP contribution < -0.4 is 5.32 Å². The van der Waals surface area contributed by atoms with E-state index < -0.39 is 0 Å². The molecule has 24 heavy (non-hydrogen) atoms. The number of aromatic amines is 1. The lowest BCUT2D eigenvalue weighted by atomic mass is 10.1. The standard InChI is InChI=1S/C18H23N5O/c24-17(20-11-14-3-1-2-8-19-14)12-23-9-6-15-16(7-10-23)21-22-18(15)13-4-5-13/h1-3,8,13H,4-7,9-12H2,(H,20,24)(H,21,22). The number of hydrogen-bond acceptors (Lipinski definition) is 4. The number of nitrogens with zero attached hydrogens (tertiary/aromatic N) is 3. The van der Waals surface area contributed by atoms with E-state index in [9.17, 15) is 4.79 Å². The Balaban J connectivity index is 1.29. The zero-order valence-electron chi connectivity index (χ0n) is 13.8. The van der Waals surface area contributed by atoms with Crippen molar-refractivity contribution in [2.45, 2.75) is 38.1 Å². The molecule has 0 aromatic carbocycles. The van der Waals surface area contributed by atoms with Crippen molar-refractivity contribution in [3.8, 4) is 0 Å². The molecule has 0 bridgehead atoms. The van der Waals surface area contributed by atoms with Crippen LogP contribution in [-0.2, 0) is 24.2 Å². The predicted octanol–water partition coefficient (Wildman–Crippen LogP) is 1.40. The summed E-state index contributed by atoms with van der Waals surface area (Å²) in [5.74, 6) is 0.741. The smallest absolute Gasteiger partial charge is 0.234 e. The molecule has 2 aliphatic rings. The van der Waals surface area contributed by atoms with Gasteiger partial charge in [0.2, 0.25) is 5.91 Å². The molecule has 1 fully saturated rings. The van der Waals surface area contributed by atoms with Crippen LogP contribution in [0.5, 0.6) is 0 Å². The minimum atomic E-state index is 0.0618. The topological polar surface area (TPSA) is 73.9 Å². The normalized spacial score (nSPS) is 18.0. The van der Waals surface area contributed by atoms with Gasteiger partial charge in [0.15, 0.2) is 0 Å². The maximum atomic E-state index is 12.2. The molecule has 4 rings (SSSR count). The van der Waals surface area contributed by atoms with Crippen molar-refractivity contribution in [1.29, 1.82) is 0 Å². The largest absolute Gasteiger partial charge is 0.349 e. The van der Waals surface area contributed by atoms with Crippen LogP contribution in [0.3, 0.4) is 0 Å². The van der Waals surface area contributed by atoms with Gasteiger partial charge in [0.05, 0.1) is 24.5 Å². The van der Waals surface area contributed by atoms with Gasteiger partial charge >= 0.3 is 0 Å². The average molecular weight is 325 g/mol. The van der Waals surface area contributed by atoms with Crippen LogP contribution in [0.1, 0.15) is 41.4 Å². The number of nitrogens with one attached hydrogen (secondary N) is 2. The van der Waals surface area contributed by atoms with Crippen molar-refractivity contribution in [3.05, 3.63) is 47.0 Å². The van der Waals surface area contributed by atoms with E-state index in [0.717, 1.165) is 31.6 Å². The van der Waals surface area contributed by atoms with Crippen molar-refractivity contribution < 1.29 is 4.79 Å². The number of carbonyl (C=O) groups excluding carboxylic acids is 1. The molecule has 0 atom stereocenters. The second-order valence-corrected chi connectivity index (χ2v) is 6.71. The van der Waals surface area contributed by atoms with Crippen LogP contribution in [0.15, 0.2) is 24.4 Å². The molecule has 0 spiro atoms. The second-order valence-electron chi connectivity index (χ2n) is 6.71. The Hall–Kier alpha value is -2.21. The highest BCUT2D eigenvalue weighted by molar-refractivity contribution is 5.77. The van der Waals surface area contributed by atoms with Gasteiger partial charge in [-0.05, 0) is 37.0 Å². The first kappa shape index (κ1) is 15.3. The van der Waals surface area contributed by atoms with E-state index in [4.69, 9.17) is 0 Å². The zero-order chi connectivity index (χ0) is 16.4. The van der Waals surface area contributed by atoms with Crippen LogP contribution in [0.25, 0.3) is 0 Å². The lowest BCUT2D eigenvalue weighted by molar-refractivity contribution is -0.122. The summed E-state index contributed by atoms with van der Waals surface area (Å²) in [6.45, 7) is 2.76. The van der Waals surface area contributed by atoms with Crippen LogP contribution >= 0.6 is 0 Å². The third-order valence-corrected chi connectivity index (χ3v) is 4.86. The number of carbonyl (C=O) groups is 1. The van der Waals surface area contributed by atoms with Gasteiger partial charge < -0.3 is 5.32 Å². The molecule has 0 radical (unpaired) electrons. The fourth-order valence-electron chi connectivity index (χ4n) is 3.36. The Morgan fingerprint density at radius 2 is 2.17 bits per heavy atom. The summed E-state index contributed by atoms with van der Waals surface area (Å²) < 4.78 is 0. The summed E-state index contributed by atoms with van der Waals surface area (Å²) in [6.07, 6.45) is 6.23. The highest BCUT2D eigenvalue weighted by atomic mass is 16.2. The monoisotopic (exact) mass is 325 g/mol. The summed E-state index contributed by atoms with van der Waals surface area (Å²) in [7, 11) is 0. The Labute approximate surface area is 141 Å². The van der Waals surface area contributed by atoms with E-state index in [-0.39, 0.29) is 5.91 Å². The summed E-state index contributed by atoms with van der Waals surface area (Å²) in [4.78, 5) is 18.7. The number of aromatic nitrogens is 3. The van der Waals surface area contributed by atoms with Gasteiger partial charge in [-0.3, -0.25) is 19.8 Å². The van der Waals surface area contributed by atoms with E-state index in [0.29, 0.717) is 19.0 Å². The van der Waals surface area contributed by atoms with Gasteiger partial charge in [0.1, 0.15) is 0 Å². The first-order chi connectivity index (χ1) is 11.8. The molecular formula is C18H23N5O. The number of pyridine rings is 1. The molecule has 6 heteroatoms. The highest BCUT2D eigenvalue weighted by Crippen LogP contribution is 2.41. The molecule has 3 heterocycles.